The van der Waals surface area contributed by atoms with Crippen molar-refractivity contribution in [2.24, 2.45) is 0 Å². The summed E-state index contributed by atoms with van der Waals surface area (Å²) in [5.41, 5.74) is 1.73. The zero-order valence-corrected chi connectivity index (χ0v) is 16.0. The minimum Gasteiger partial charge on any atom is -0.469 e. The molecule has 7 nitrogen and oxygen atoms in total. The second-order valence-electron chi connectivity index (χ2n) is 6.08. The lowest BCUT2D eigenvalue weighted by atomic mass is 10.1. The van der Waals surface area contributed by atoms with Crippen molar-refractivity contribution in [3.05, 3.63) is 71.8 Å². The Hall–Kier alpha value is -3.35. The Balaban J connectivity index is 2.23. The van der Waals surface area contributed by atoms with Crippen LogP contribution >= 0.6 is 0 Å². The predicted molar refractivity (Wildman–Crippen MR) is 103 cm³/mol. The fourth-order valence-corrected chi connectivity index (χ4v) is 2.68. The summed E-state index contributed by atoms with van der Waals surface area (Å²) in [7, 11) is 2.45. The lowest BCUT2D eigenvalue weighted by Gasteiger charge is -2.29. The number of hydrogen-bond donors (Lipinski definition) is 1. The van der Waals surface area contributed by atoms with Crippen molar-refractivity contribution >= 4 is 18.0 Å². The fraction of sp³-hybridized carbons (Fsp3) is 0.286. The van der Waals surface area contributed by atoms with E-state index >= 15 is 0 Å². The maximum atomic E-state index is 12.9. The maximum absolute atomic E-state index is 12.9. The van der Waals surface area contributed by atoms with Crippen molar-refractivity contribution in [3.8, 4) is 0 Å². The normalized spacial score (nSPS) is 11.2. The molecule has 2 rings (SSSR count). The van der Waals surface area contributed by atoms with E-state index in [9.17, 15) is 14.4 Å². The van der Waals surface area contributed by atoms with E-state index < -0.39 is 24.0 Å². The van der Waals surface area contributed by atoms with Crippen molar-refractivity contribution in [3.63, 3.8) is 0 Å². The highest BCUT2D eigenvalue weighted by Crippen LogP contribution is 2.14. The van der Waals surface area contributed by atoms with Gasteiger partial charge in [0.05, 0.1) is 20.6 Å². The molecular weight excluding hydrogens is 360 g/mol. The molecule has 0 bridgehead atoms. The number of urea groups is 1. The van der Waals surface area contributed by atoms with Gasteiger partial charge in [0.15, 0.2) is 0 Å². The minimum absolute atomic E-state index is 0.137. The Bertz CT molecular complexity index is 780. The molecule has 0 fully saturated rings. The first kappa shape index (κ1) is 21.0. The van der Waals surface area contributed by atoms with Crippen LogP contribution in [0.15, 0.2) is 60.7 Å². The SMILES string of the molecule is COC(=O)CC(C(=O)OC)N(Cc1ccccc1)C(=O)NCc1ccccc1. The van der Waals surface area contributed by atoms with Crippen LogP contribution in [0.5, 0.6) is 0 Å². The molecule has 1 unspecified atom stereocenters. The zero-order chi connectivity index (χ0) is 20.4. The van der Waals surface area contributed by atoms with E-state index in [2.05, 4.69) is 10.1 Å². The van der Waals surface area contributed by atoms with Gasteiger partial charge in [0, 0.05) is 13.1 Å². The number of ether oxygens (including phenoxy) is 2. The zero-order valence-electron chi connectivity index (χ0n) is 16.0. The molecule has 0 saturated carbocycles. The Morgan fingerprint density at radius 2 is 1.46 bits per heavy atom. The lowest BCUT2D eigenvalue weighted by molar-refractivity contribution is -0.152. The van der Waals surface area contributed by atoms with Crippen LogP contribution in [0.4, 0.5) is 4.79 Å². The minimum atomic E-state index is -1.10. The summed E-state index contributed by atoms with van der Waals surface area (Å²) in [5, 5.41) is 2.80. The molecule has 28 heavy (non-hydrogen) atoms. The molecule has 0 aliphatic carbocycles. The second-order valence-corrected chi connectivity index (χ2v) is 6.08. The summed E-state index contributed by atoms with van der Waals surface area (Å²) >= 11 is 0. The van der Waals surface area contributed by atoms with Crippen LogP contribution in [0, 0.1) is 0 Å². The maximum Gasteiger partial charge on any atom is 0.329 e. The Morgan fingerprint density at radius 1 is 0.893 bits per heavy atom. The third kappa shape index (κ3) is 6.12. The molecule has 0 aliphatic heterocycles. The fourth-order valence-electron chi connectivity index (χ4n) is 2.68. The molecule has 7 heteroatoms. The number of nitrogens with zero attached hydrogens (tertiary/aromatic N) is 1. The largest absolute Gasteiger partial charge is 0.469 e. The van der Waals surface area contributed by atoms with E-state index in [1.165, 1.54) is 19.1 Å². The number of esters is 2. The van der Waals surface area contributed by atoms with Crippen LogP contribution in [0.2, 0.25) is 0 Å². The predicted octanol–water partition coefficient (Wildman–Crippen LogP) is 2.50. The molecule has 148 valence electrons. The van der Waals surface area contributed by atoms with Gasteiger partial charge in [-0.3, -0.25) is 4.79 Å². The molecule has 0 aromatic heterocycles. The van der Waals surface area contributed by atoms with Crippen molar-refractivity contribution in [2.75, 3.05) is 14.2 Å². The standard InChI is InChI=1S/C21H24N2O5/c1-27-19(24)13-18(20(25)28-2)23(15-17-11-7-4-8-12-17)21(26)22-14-16-9-5-3-6-10-16/h3-12,18H,13-15H2,1-2H3,(H,22,26). The molecule has 1 atom stereocenters. The molecule has 2 aromatic rings. The number of hydrogen-bond acceptors (Lipinski definition) is 5. The summed E-state index contributed by atoms with van der Waals surface area (Å²) in [4.78, 5) is 38.3. The summed E-state index contributed by atoms with van der Waals surface area (Å²) in [5.74, 6) is -1.29. The van der Waals surface area contributed by atoms with Crippen LogP contribution in [0.3, 0.4) is 0 Å². The van der Waals surface area contributed by atoms with Crippen LogP contribution in [-0.2, 0) is 32.2 Å². The first-order chi connectivity index (χ1) is 13.5. The highest BCUT2D eigenvalue weighted by atomic mass is 16.5. The lowest BCUT2D eigenvalue weighted by Crippen LogP contribution is -2.50. The smallest absolute Gasteiger partial charge is 0.329 e. The van der Waals surface area contributed by atoms with E-state index in [0.29, 0.717) is 0 Å². The van der Waals surface area contributed by atoms with Crippen LogP contribution < -0.4 is 5.32 Å². The highest BCUT2D eigenvalue weighted by molar-refractivity contribution is 5.87. The number of amides is 2. The summed E-state index contributed by atoms with van der Waals surface area (Å²) in [6.07, 6.45) is -0.297. The van der Waals surface area contributed by atoms with Crippen LogP contribution in [-0.4, -0.2) is 43.1 Å². The molecule has 2 amide bonds. The van der Waals surface area contributed by atoms with Gasteiger partial charge in [-0.05, 0) is 11.1 Å². The van der Waals surface area contributed by atoms with Gasteiger partial charge in [-0.25, -0.2) is 9.59 Å². The van der Waals surface area contributed by atoms with Gasteiger partial charge in [-0.2, -0.15) is 0 Å². The molecular formula is C21H24N2O5. The molecule has 0 saturated heterocycles. The molecule has 0 heterocycles. The van der Waals surface area contributed by atoms with Gasteiger partial charge in [0.25, 0.3) is 0 Å². The number of rotatable bonds is 8. The van der Waals surface area contributed by atoms with E-state index in [4.69, 9.17) is 4.74 Å². The van der Waals surface area contributed by atoms with Crippen LogP contribution in [0.1, 0.15) is 17.5 Å². The van der Waals surface area contributed by atoms with Crippen molar-refractivity contribution in [1.29, 1.82) is 0 Å². The number of carbonyl (C=O) groups is 3. The van der Waals surface area contributed by atoms with E-state index in [-0.39, 0.29) is 19.5 Å². The summed E-state index contributed by atoms with van der Waals surface area (Å²) in [6.45, 7) is 0.426. The van der Waals surface area contributed by atoms with Gasteiger partial charge < -0.3 is 19.7 Å². The number of benzene rings is 2. The molecule has 0 spiro atoms. The van der Waals surface area contributed by atoms with Gasteiger partial charge in [0.2, 0.25) is 0 Å². The highest BCUT2D eigenvalue weighted by Gasteiger charge is 2.33. The van der Waals surface area contributed by atoms with Gasteiger partial charge in [-0.1, -0.05) is 60.7 Å². The Labute approximate surface area is 164 Å². The van der Waals surface area contributed by atoms with Crippen LogP contribution in [0.25, 0.3) is 0 Å². The first-order valence-electron chi connectivity index (χ1n) is 8.82. The third-order valence-corrected chi connectivity index (χ3v) is 4.18. The van der Waals surface area contributed by atoms with Gasteiger partial charge >= 0.3 is 18.0 Å². The average Bonchev–Trinajstić information content (AvgIpc) is 2.75. The quantitative estimate of drug-likeness (QED) is 0.707. The number of nitrogens with one attached hydrogen (secondary N) is 1. The van der Waals surface area contributed by atoms with E-state index in [1.807, 2.05) is 60.7 Å². The van der Waals surface area contributed by atoms with Crippen molar-refractivity contribution in [2.45, 2.75) is 25.6 Å². The van der Waals surface area contributed by atoms with Crippen molar-refractivity contribution in [1.82, 2.24) is 10.2 Å². The summed E-state index contributed by atoms with van der Waals surface area (Å²) in [6, 6.07) is 17.0. The number of methoxy groups -OCH3 is 2. The summed E-state index contributed by atoms with van der Waals surface area (Å²) < 4.78 is 9.50. The number of carbonyl (C=O) groups excluding carboxylic acids is 3. The van der Waals surface area contributed by atoms with E-state index in [1.54, 1.807) is 0 Å². The monoisotopic (exact) mass is 384 g/mol. The van der Waals surface area contributed by atoms with Crippen molar-refractivity contribution < 1.29 is 23.9 Å². The van der Waals surface area contributed by atoms with Gasteiger partial charge in [0.1, 0.15) is 6.04 Å². The molecule has 0 radical (unpaired) electrons. The molecule has 0 aliphatic rings. The third-order valence-electron chi connectivity index (χ3n) is 4.18. The molecule has 1 N–H and O–H groups in total. The molecule has 2 aromatic carbocycles. The topological polar surface area (TPSA) is 84.9 Å². The Kier molecular flexibility index (Phi) is 8.02. The van der Waals surface area contributed by atoms with E-state index in [0.717, 1.165) is 11.1 Å². The second kappa shape index (κ2) is 10.7. The Morgan fingerprint density at radius 3 is 2.00 bits per heavy atom. The first-order valence-corrected chi connectivity index (χ1v) is 8.82. The van der Waals surface area contributed by atoms with Gasteiger partial charge in [-0.15, -0.1) is 0 Å². The average molecular weight is 384 g/mol.